The minimum Gasteiger partial charge on any atom is -0.306 e. The average Bonchev–Trinajstić information content (AvgIpc) is 2.73. The monoisotopic (exact) mass is 393 g/mol. The van der Waals surface area contributed by atoms with Crippen molar-refractivity contribution in [1.29, 1.82) is 0 Å². The summed E-state index contributed by atoms with van der Waals surface area (Å²) in [6.45, 7) is 0. The molecule has 0 saturated heterocycles. The number of nitrogens with one attached hydrogen (secondary N) is 1. The molecule has 0 bridgehead atoms. The van der Waals surface area contributed by atoms with Gasteiger partial charge in [0.15, 0.2) is 0 Å². The molecule has 2 aromatic heterocycles. The maximum Gasteiger partial charge on any atom is 0.416 e. The van der Waals surface area contributed by atoms with E-state index in [0.29, 0.717) is 28.2 Å². The summed E-state index contributed by atoms with van der Waals surface area (Å²) in [5, 5.41) is 3.46. The van der Waals surface area contributed by atoms with Gasteiger partial charge in [0.05, 0.1) is 22.3 Å². The van der Waals surface area contributed by atoms with E-state index in [2.05, 4.69) is 15.3 Å². The lowest BCUT2D eigenvalue weighted by Gasteiger charge is -2.10. The molecular weight excluding hydrogens is 379 g/mol. The second-order valence-electron chi connectivity index (χ2n) is 6.32. The summed E-state index contributed by atoms with van der Waals surface area (Å²) in [6, 6.07) is 18.6. The summed E-state index contributed by atoms with van der Waals surface area (Å²) in [7, 11) is 0. The number of alkyl halides is 3. The van der Waals surface area contributed by atoms with Crippen molar-refractivity contribution in [3.05, 3.63) is 90.1 Å². The van der Waals surface area contributed by atoms with E-state index in [1.54, 1.807) is 48.7 Å². The first-order chi connectivity index (χ1) is 13.9. The van der Waals surface area contributed by atoms with Gasteiger partial charge in [-0.1, -0.05) is 36.4 Å². The van der Waals surface area contributed by atoms with Crippen LogP contribution in [0.2, 0.25) is 0 Å². The molecular formula is C22H14F3N3O. The van der Waals surface area contributed by atoms with Crippen LogP contribution in [0.1, 0.15) is 15.9 Å². The first-order valence-electron chi connectivity index (χ1n) is 8.71. The minimum atomic E-state index is -4.40. The second kappa shape index (κ2) is 7.35. The zero-order valence-corrected chi connectivity index (χ0v) is 14.9. The molecule has 0 aliphatic heterocycles. The SMILES string of the molecule is O=C(Nc1ccccn1)c1cccc2ccc(-c3ccc(C(F)(F)F)cc3)nc12. The van der Waals surface area contributed by atoms with Gasteiger partial charge in [-0.3, -0.25) is 4.79 Å². The largest absolute Gasteiger partial charge is 0.416 e. The molecule has 2 heterocycles. The van der Waals surface area contributed by atoms with Crippen LogP contribution < -0.4 is 5.32 Å². The lowest BCUT2D eigenvalue weighted by Crippen LogP contribution is -2.13. The molecule has 4 nitrogen and oxygen atoms in total. The van der Waals surface area contributed by atoms with Gasteiger partial charge in [0, 0.05) is 17.1 Å². The quantitative estimate of drug-likeness (QED) is 0.495. The van der Waals surface area contributed by atoms with Crippen LogP contribution in [0.4, 0.5) is 19.0 Å². The highest BCUT2D eigenvalue weighted by molar-refractivity contribution is 6.11. The molecule has 0 saturated carbocycles. The third-order valence-corrected chi connectivity index (χ3v) is 4.38. The Hall–Kier alpha value is -3.74. The van der Waals surface area contributed by atoms with Gasteiger partial charge in [0.25, 0.3) is 5.91 Å². The number of nitrogens with zero attached hydrogens (tertiary/aromatic N) is 2. The third-order valence-electron chi connectivity index (χ3n) is 4.38. The number of carbonyl (C=O) groups is 1. The predicted octanol–water partition coefficient (Wildman–Crippen LogP) is 5.57. The lowest BCUT2D eigenvalue weighted by atomic mass is 10.0. The highest BCUT2D eigenvalue weighted by Crippen LogP contribution is 2.31. The third kappa shape index (κ3) is 3.94. The number of para-hydroxylation sites is 1. The smallest absolute Gasteiger partial charge is 0.306 e. The number of carbonyl (C=O) groups excluding carboxylic acids is 1. The molecule has 4 rings (SSSR count). The van der Waals surface area contributed by atoms with Gasteiger partial charge < -0.3 is 5.32 Å². The number of pyridine rings is 2. The van der Waals surface area contributed by atoms with Crippen molar-refractivity contribution in [2.24, 2.45) is 0 Å². The van der Waals surface area contributed by atoms with Crippen LogP contribution in [0.15, 0.2) is 79.0 Å². The molecule has 2 aromatic carbocycles. The fraction of sp³-hybridized carbons (Fsp3) is 0.0455. The van der Waals surface area contributed by atoms with Gasteiger partial charge in [0.2, 0.25) is 0 Å². The molecule has 0 unspecified atom stereocenters. The van der Waals surface area contributed by atoms with Gasteiger partial charge in [-0.05, 0) is 36.4 Å². The maximum absolute atomic E-state index is 12.8. The van der Waals surface area contributed by atoms with Gasteiger partial charge >= 0.3 is 6.18 Å². The van der Waals surface area contributed by atoms with Crippen molar-refractivity contribution >= 4 is 22.6 Å². The van der Waals surface area contributed by atoms with E-state index in [1.807, 2.05) is 6.07 Å². The number of anilines is 1. The molecule has 1 N–H and O–H groups in total. The molecule has 0 atom stereocenters. The molecule has 0 spiro atoms. The summed E-state index contributed by atoms with van der Waals surface area (Å²) in [5.74, 6) is 0.0415. The summed E-state index contributed by atoms with van der Waals surface area (Å²) >= 11 is 0. The van der Waals surface area contributed by atoms with Gasteiger partial charge in [-0.2, -0.15) is 13.2 Å². The second-order valence-corrected chi connectivity index (χ2v) is 6.32. The van der Waals surface area contributed by atoms with E-state index in [-0.39, 0.29) is 5.91 Å². The maximum atomic E-state index is 12.8. The van der Waals surface area contributed by atoms with Crippen LogP contribution >= 0.6 is 0 Å². The topological polar surface area (TPSA) is 54.9 Å². The van der Waals surface area contributed by atoms with E-state index in [0.717, 1.165) is 17.5 Å². The van der Waals surface area contributed by atoms with Crippen molar-refractivity contribution in [2.45, 2.75) is 6.18 Å². The molecule has 0 aliphatic rings. The number of benzene rings is 2. The minimum absolute atomic E-state index is 0.349. The lowest BCUT2D eigenvalue weighted by molar-refractivity contribution is -0.137. The van der Waals surface area contributed by atoms with Crippen LogP contribution in [0.5, 0.6) is 0 Å². The van der Waals surface area contributed by atoms with Crippen LogP contribution in [-0.4, -0.2) is 15.9 Å². The number of hydrogen-bond acceptors (Lipinski definition) is 3. The molecule has 4 aromatic rings. The first kappa shape index (κ1) is 18.6. The Bertz CT molecular complexity index is 1170. The van der Waals surface area contributed by atoms with Gasteiger partial charge in [-0.25, -0.2) is 9.97 Å². The average molecular weight is 393 g/mol. The summed E-state index contributed by atoms with van der Waals surface area (Å²) in [4.78, 5) is 21.3. The standard InChI is InChI=1S/C22H14F3N3O/c23-22(24,25)16-10-7-14(8-11-16)18-12-9-15-4-3-5-17(20(15)27-18)21(29)28-19-6-1-2-13-26-19/h1-13H,(H,26,28,29). The van der Waals surface area contributed by atoms with Gasteiger partial charge in [0.1, 0.15) is 5.82 Å². The van der Waals surface area contributed by atoms with E-state index < -0.39 is 11.7 Å². The van der Waals surface area contributed by atoms with Crippen molar-refractivity contribution in [1.82, 2.24) is 9.97 Å². The number of fused-ring (bicyclic) bond motifs is 1. The van der Waals surface area contributed by atoms with Crippen LogP contribution in [0.3, 0.4) is 0 Å². The fourth-order valence-electron chi connectivity index (χ4n) is 2.94. The molecule has 29 heavy (non-hydrogen) atoms. The van der Waals surface area contributed by atoms with Gasteiger partial charge in [-0.15, -0.1) is 0 Å². The Balaban J connectivity index is 1.72. The van der Waals surface area contributed by atoms with Crippen molar-refractivity contribution in [3.63, 3.8) is 0 Å². The highest BCUT2D eigenvalue weighted by atomic mass is 19.4. The van der Waals surface area contributed by atoms with Crippen LogP contribution in [0.25, 0.3) is 22.2 Å². The summed E-state index contributed by atoms with van der Waals surface area (Å²) in [6.07, 6.45) is -2.83. The van der Waals surface area contributed by atoms with Crippen LogP contribution in [-0.2, 0) is 6.18 Å². The zero-order chi connectivity index (χ0) is 20.4. The van der Waals surface area contributed by atoms with Crippen LogP contribution in [0, 0.1) is 0 Å². The Kier molecular flexibility index (Phi) is 4.72. The zero-order valence-electron chi connectivity index (χ0n) is 14.9. The highest BCUT2D eigenvalue weighted by Gasteiger charge is 2.30. The number of rotatable bonds is 3. The Labute approximate surface area is 164 Å². The predicted molar refractivity (Wildman–Crippen MR) is 104 cm³/mol. The van der Waals surface area contributed by atoms with E-state index in [9.17, 15) is 18.0 Å². The van der Waals surface area contributed by atoms with E-state index in [1.165, 1.54) is 12.1 Å². The number of hydrogen-bond donors (Lipinski definition) is 1. The molecule has 0 radical (unpaired) electrons. The number of amides is 1. The first-order valence-corrected chi connectivity index (χ1v) is 8.71. The molecule has 7 heteroatoms. The molecule has 1 amide bonds. The summed E-state index contributed by atoms with van der Waals surface area (Å²) < 4.78 is 38.4. The molecule has 0 fully saturated rings. The number of halogens is 3. The van der Waals surface area contributed by atoms with Crippen molar-refractivity contribution in [3.8, 4) is 11.3 Å². The molecule has 0 aliphatic carbocycles. The normalized spacial score (nSPS) is 11.4. The Morgan fingerprint density at radius 2 is 1.66 bits per heavy atom. The molecule has 144 valence electrons. The fourth-order valence-corrected chi connectivity index (χ4v) is 2.94. The Morgan fingerprint density at radius 1 is 0.862 bits per heavy atom. The Morgan fingerprint density at radius 3 is 2.34 bits per heavy atom. The van der Waals surface area contributed by atoms with E-state index >= 15 is 0 Å². The van der Waals surface area contributed by atoms with Crippen molar-refractivity contribution < 1.29 is 18.0 Å². The van der Waals surface area contributed by atoms with Crippen molar-refractivity contribution in [2.75, 3.05) is 5.32 Å². The number of aromatic nitrogens is 2. The summed E-state index contributed by atoms with van der Waals surface area (Å²) in [5.41, 5.74) is 1.09. The van der Waals surface area contributed by atoms with E-state index in [4.69, 9.17) is 0 Å².